The Morgan fingerprint density at radius 1 is 1.21 bits per heavy atom. The van der Waals surface area contributed by atoms with Crippen LogP contribution in [0.4, 0.5) is 5.69 Å². The molecule has 0 aromatic heterocycles. The van der Waals surface area contributed by atoms with Crippen molar-refractivity contribution in [2.75, 3.05) is 18.5 Å². The molecule has 3 heterocycles. The predicted molar refractivity (Wildman–Crippen MR) is 93.9 cm³/mol. The largest absolute Gasteiger partial charge is 0.392 e. The molecule has 0 spiro atoms. The van der Waals surface area contributed by atoms with Gasteiger partial charge in [-0.2, -0.15) is 0 Å². The van der Waals surface area contributed by atoms with Gasteiger partial charge in [0.05, 0.1) is 12.1 Å². The lowest BCUT2D eigenvalue weighted by Crippen LogP contribution is -2.68. The van der Waals surface area contributed by atoms with Crippen LogP contribution in [0.3, 0.4) is 0 Å². The van der Waals surface area contributed by atoms with Crippen molar-refractivity contribution in [2.45, 2.75) is 62.4 Å². The molecule has 3 fully saturated rings. The van der Waals surface area contributed by atoms with Crippen LogP contribution in [0.1, 0.15) is 38.2 Å². The van der Waals surface area contributed by atoms with E-state index in [1.165, 1.54) is 11.3 Å². The van der Waals surface area contributed by atoms with Crippen molar-refractivity contribution in [3.05, 3.63) is 29.8 Å². The molecule has 0 amide bonds. The van der Waals surface area contributed by atoms with Crippen LogP contribution in [0, 0.1) is 11.8 Å². The lowest BCUT2D eigenvalue weighted by atomic mass is 9.65. The molecule has 0 radical (unpaired) electrons. The Kier molecular flexibility index (Phi) is 3.14. The second-order valence-corrected chi connectivity index (χ2v) is 8.40. The third-order valence-corrected chi connectivity index (χ3v) is 7.77. The van der Waals surface area contributed by atoms with Crippen molar-refractivity contribution >= 4 is 5.69 Å². The van der Waals surface area contributed by atoms with Gasteiger partial charge in [0.2, 0.25) is 0 Å². The highest BCUT2D eigenvalue weighted by atomic mass is 16.3. The third kappa shape index (κ3) is 1.60. The number of piperidine rings is 2. The Balaban J connectivity index is 1.70. The Morgan fingerprint density at radius 3 is 2.79 bits per heavy atom. The number of benzene rings is 1. The van der Waals surface area contributed by atoms with Gasteiger partial charge in [-0.3, -0.25) is 4.90 Å². The summed E-state index contributed by atoms with van der Waals surface area (Å²) >= 11 is 0. The number of aliphatic hydroxyl groups is 2. The number of fused-ring (bicyclic) bond motifs is 2. The Bertz CT molecular complexity index is 665. The van der Waals surface area contributed by atoms with Gasteiger partial charge in [0, 0.05) is 36.7 Å². The van der Waals surface area contributed by atoms with Crippen LogP contribution in [0.15, 0.2) is 24.3 Å². The summed E-state index contributed by atoms with van der Waals surface area (Å²) < 4.78 is 0. The Hall–Kier alpha value is -1.10. The van der Waals surface area contributed by atoms with E-state index in [4.69, 9.17) is 0 Å². The summed E-state index contributed by atoms with van der Waals surface area (Å²) in [6.07, 6.45) is 3.21. The zero-order chi connectivity index (χ0) is 16.6. The highest BCUT2D eigenvalue weighted by Crippen LogP contribution is 2.59. The first-order chi connectivity index (χ1) is 11.6. The monoisotopic (exact) mass is 328 g/mol. The molecule has 2 saturated heterocycles. The average Bonchev–Trinajstić information content (AvgIpc) is 2.84. The third-order valence-electron chi connectivity index (χ3n) is 7.77. The molecule has 130 valence electrons. The molecule has 3 bridgehead atoms. The fourth-order valence-electron chi connectivity index (χ4n) is 6.80. The van der Waals surface area contributed by atoms with E-state index in [-0.39, 0.29) is 23.8 Å². The fourth-order valence-corrected chi connectivity index (χ4v) is 6.80. The minimum atomic E-state index is -0.348. The predicted octanol–water partition coefficient (Wildman–Crippen LogP) is 1.95. The summed E-state index contributed by atoms with van der Waals surface area (Å²) in [5.41, 5.74) is 2.44. The van der Waals surface area contributed by atoms with Crippen molar-refractivity contribution in [1.29, 1.82) is 0 Å². The summed E-state index contributed by atoms with van der Waals surface area (Å²) in [4.78, 5) is 4.75. The van der Waals surface area contributed by atoms with E-state index in [0.29, 0.717) is 17.9 Å². The van der Waals surface area contributed by atoms with Crippen molar-refractivity contribution in [3.8, 4) is 0 Å². The van der Waals surface area contributed by atoms with E-state index in [2.05, 4.69) is 48.0 Å². The van der Waals surface area contributed by atoms with Crippen molar-refractivity contribution in [2.24, 2.45) is 11.8 Å². The topological polar surface area (TPSA) is 46.9 Å². The molecule has 2 N–H and O–H groups in total. The van der Waals surface area contributed by atoms with Crippen LogP contribution in [-0.4, -0.2) is 53.1 Å². The first kappa shape index (κ1) is 15.2. The van der Waals surface area contributed by atoms with Crippen LogP contribution < -0.4 is 4.90 Å². The molecule has 4 aliphatic rings. The van der Waals surface area contributed by atoms with E-state index >= 15 is 0 Å². The van der Waals surface area contributed by atoms with Gasteiger partial charge in [0.15, 0.2) is 0 Å². The summed E-state index contributed by atoms with van der Waals surface area (Å²) in [5, 5.41) is 22.4. The number of aliphatic hydroxyl groups excluding tert-OH is 2. The number of likely N-dealkylation sites (N-methyl/N-ethyl adjacent to an activating group) is 1. The Labute approximate surface area is 144 Å². The summed E-state index contributed by atoms with van der Waals surface area (Å²) in [6.45, 7) is 3.07. The maximum absolute atomic E-state index is 11.4. The highest BCUT2D eigenvalue weighted by molar-refractivity contribution is 5.66. The molecule has 24 heavy (non-hydrogen) atoms. The maximum atomic E-state index is 11.4. The number of rotatable bonds is 1. The molecule has 1 saturated carbocycles. The van der Waals surface area contributed by atoms with Gasteiger partial charge < -0.3 is 15.1 Å². The van der Waals surface area contributed by atoms with Crippen LogP contribution in [-0.2, 0) is 5.41 Å². The Morgan fingerprint density at radius 2 is 2.00 bits per heavy atom. The smallest absolute Gasteiger partial charge is 0.110 e. The van der Waals surface area contributed by atoms with E-state index in [9.17, 15) is 10.2 Å². The quantitative estimate of drug-likeness (QED) is 0.827. The fraction of sp³-hybridized carbons (Fsp3) is 0.700. The van der Waals surface area contributed by atoms with E-state index in [0.717, 1.165) is 32.2 Å². The molecular formula is C20H28N2O2. The van der Waals surface area contributed by atoms with Crippen LogP contribution in [0.2, 0.25) is 0 Å². The zero-order valence-electron chi connectivity index (χ0n) is 14.6. The molecule has 7 atom stereocenters. The van der Waals surface area contributed by atoms with Crippen LogP contribution >= 0.6 is 0 Å². The summed E-state index contributed by atoms with van der Waals surface area (Å²) in [7, 11) is 2.18. The molecule has 1 aliphatic carbocycles. The first-order valence-electron chi connectivity index (χ1n) is 9.53. The van der Waals surface area contributed by atoms with Crippen LogP contribution in [0.5, 0.6) is 0 Å². The summed E-state index contributed by atoms with van der Waals surface area (Å²) in [5.74, 6) is 0.729. The summed E-state index contributed by atoms with van der Waals surface area (Å²) in [6, 6.07) is 9.26. The number of nitrogens with zero attached hydrogens (tertiary/aromatic N) is 2. The normalized spacial score (nSPS) is 46.6. The minimum Gasteiger partial charge on any atom is -0.392 e. The lowest BCUT2D eigenvalue weighted by molar-refractivity contribution is -0.134. The van der Waals surface area contributed by atoms with Gasteiger partial charge in [-0.25, -0.2) is 0 Å². The number of para-hydroxylation sites is 1. The number of hydrogen-bond donors (Lipinski definition) is 2. The van der Waals surface area contributed by atoms with E-state index in [1.54, 1.807) is 0 Å². The standard InChI is InChI=1S/C20H28N2O2/c1-3-13-12-10-16-18-20(17(23)11-12,8-9-22(16)19(13)24)14-6-4-5-7-15(14)21(18)2/h4-7,12-13,16-19,23-24H,3,8-11H2,1-2H3. The van der Waals surface area contributed by atoms with Crippen LogP contribution in [0.25, 0.3) is 0 Å². The second-order valence-electron chi connectivity index (χ2n) is 8.40. The van der Waals surface area contributed by atoms with E-state index in [1.807, 2.05) is 0 Å². The van der Waals surface area contributed by atoms with E-state index < -0.39 is 0 Å². The average molecular weight is 328 g/mol. The van der Waals surface area contributed by atoms with Gasteiger partial charge in [-0.1, -0.05) is 25.1 Å². The lowest BCUT2D eigenvalue weighted by Gasteiger charge is -2.55. The zero-order valence-corrected chi connectivity index (χ0v) is 14.6. The first-order valence-corrected chi connectivity index (χ1v) is 9.53. The molecule has 5 rings (SSSR count). The van der Waals surface area contributed by atoms with Crippen molar-refractivity contribution in [1.82, 2.24) is 4.90 Å². The SMILES string of the molecule is CCC1C2CC3C4N(C)c5ccccc5C4(CCN3C1O)C(O)C2. The molecular weight excluding hydrogens is 300 g/mol. The van der Waals surface area contributed by atoms with Crippen molar-refractivity contribution in [3.63, 3.8) is 0 Å². The second kappa shape index (κ2) is 4.96. The van der Waals surface area contributed by atoms with Gasteiger partial charge >= 0.3 is 0 Å². The molecule has 4 nitrogen and oxygen atoms in total. The van der Waals surface area contributed by atoms with Gasteiger partial charge in [-0.05, 0) is 43.2 Å². The number of hydrogen-bond acceptors (Lipinski definition) is 4. The highest BCUT2D eigenvalue weighted by Gasteiger charge is 2.64. The molecule has 1 aromatic rings. The molecule has 3 aliphatic heterocycles. The number of anilines is 1. The molecule has 4 heteroatoms. The minimum absolute atomic E-state index is 0.163. The molecule has 7 unspecified atom stereocenters. The van der Waals surface area contributed by atoms with Crippen molar-refractivity contribution < 1.29 is 10.2 Å². The van der Waals surface area contributed by atoms with Gasteiger partial charge in [-0.15, -0.1) is 0 Å². The maximum Gasteiger partial charge on any atom is 0.110 e. The van der Waals surface area contributed by atoms with Gasteiger partial charge in [0.25, 0.3) is 0 Å². The van der Waals surface area contributed by atoms with Gasteiger partial charge in [0.1, 0.15) is 6.23 Å². The molecule has 1 aromatic carbocycles.